The van der Waals surface area contributed by atoms with Gasteiger partial charge in [-0.2, -0.15) is 0 Å². The van der Waals surface area contributed by atoms with Gasteiger partial charge >= 0.3 is 12.1 Å². The number of unbranched alkanes of at least 4 members (excludes halogenated alkanes) is 5. The van der Waals surface area contributed by atoms with Gasteiger partial charge in [-0.25, -0.2) is 14.5 Å². The second-order valence-corrected chi connectivity index (χ2v) is 3.54. The summed E-state index contributed by atoms with van der Waals surface area (Å²) in [6, 6.07) is -0.893. The zero-order valence-corrected chi connectivity index (χ0v) is 9.24. The van der Waals surface area contributed by atoms with E-state index in [1.807, 2.05) is 0 Å². The van der Waals surface area contributed by atoms with Crippen LogP contribution in [0.3, 0.4) is 0 Å². The lowest BCUT2D eigenvalue weighted by molar-refractivity contribution is 0.150. The number of carbonyl (C=O) groups excluding carboxylic acids is 1. The lowest BCUT2D eigenvalue weighted by atomic mass is 10.1. The highest BCUT2D eigenvalue weighted by atomic mass is 16.4. The van der Waals surface area contributed by atoms with Crippen LogP contribution in [0.2, 0.25) is 0 Å². The third kappa shape index (κ3) is 6.76. The first-order valence-corrected chi connectivity index (χ1v) is 5.39. The highest BCUT2D eigenvalue weighted by molar-refractivity contribution is 5.88. The summed E-state index contributed by atoms with van der Waals surface area (Å²) in [6.45, 7) is 2.34. The molecule has 5 nitrogen and oxygen atoms in total. The Morgan fingerprint density at radius 2 is 1.67 bits per heavy atom. The summed E-state index contributed by atoms with van der Waals surface area (Å²) in [5.74, 6) is 0. The van der Waals surface area contributed by atoms with Crippen molar-refractivity contribution in [1.82, 2.24) is 4.90 Å². The molecule has 0 bridgehead atoms. The Morgan fingerprint density at radius 1 is 1.13 bits per heavy atom. The first kappa shape index (κ1) is 13.7. The Labute approximate surface area is 90.2 Å². The van der Waals surface area contributed by atoms with Crippen molar-refractivity contribution >= 4 is 12.1 Å². The average Bonchev–Trinajstić information content (AvgIpc) is 2.15. The Balaban J connectivity index is 3.55. The maximum absolute atomic E-state index is 10.7. The zero-order chi connectivity index (χ0) is 11.7. The number of rotatable bonds is 7. The van der Waals surface area contributed by atoms with Crippen molar-refractivity contribution < 1.29 is 14.7 Å². The van der Waals surface area contributed by atoms with Crippen molar-refractivity contribution in [1.29, 1.82) is 0 Å². The van der Waals surface area contributed by atoms with Crippen molar-refractivity contribution in [3.05, 3.63) is 0 Å². The summed E-state index contributed by atoms with van der Waals surface area (Å²) in [7, 11) is 0. The van der Waals surface area contributed by atoms with Crippen molar-refractivity contribution in [2.24, 2.45) is 5.73 Å². The highest BCUT2D eigenvalue weighted by Gasteiger charge is 2.16. The second-order valence-electron chi connectivity index (χ2n) is 3.54. The van der Waals surface area contributed by atoms with E-state index in [1.165, 1.54) is 19.3 Å². The molecule has 0 rings (SSSR count). The van der Waals surface area contributed by atoms with Gasteiger partial charge < -0.3 is 10.8 Å². The molecule has 0 saturated carbocycles. The quantitative estimate of drug-likeness (QED) is 0.641. The molecule has 0 unspecified atom stereocenters. The summed E-state index contributed by atoms with van der Waals surface area (Å²) < 4.78 is 0. The van der Waals surface area contributed by atoms with Crippen LogP contribution in [0.1, 0.15) is 45.4 Å². The normalized spacial score (nSPS) is 9.93. The van der Waals surface area contributed by atoms with E-state index in [2.05, 4.69) is 6.92 Å². The predicted octanol–water partition coefficient (Wildman–Crippen LogP) is 2.41. The van der Waals surface area contributed by atoms with Crippen LogP contribution >= 0.6 is 0 Å². The molecule has 15 heavy (non-hydrogen) atoms. The van der Waals surface area contributed by atoms with Crippen LogP contribution < -0.4 is 5.73 Å². The molecular weight excluding hydrogens is 196 g/mol. The number of nitrogens with two attached hydrogens (primary N) is 1. The summed E-state index contributed by atoms with van der Waals surface area (Å²) >= 11 is 0. The third-order valence-electron chi connectivity index (χ3n) is 2.23. The number of urea groups is 1. The lowest BCUT2D eigenvalue weighted by Crippen LogP contribution is -2.40. The molecule has 0 aliphatic rings. The fourth-order valence-electron chi connectivity index (χ4n) is 1.35. The zero-order valence-electron chi connectivity index (χ0n) is 9.24. The first-order chi connectivity index (χ1) is 7.09. The molecule has 0 fully saturated rings. The molecule has 0 heterocycles. The smallest absolute Gasteiger partial charge is 0.415 e. The minimum Gasteiger partial charge on any atom is -0.465 e. The van der Waals surface area contributed by atoms with Crippen LogP contribution in [0, 0.1) is 0 Å². The molecule has 0 aromatic carbocycles. The predicted molar refractivity (Wildman–Crippen MR) is 57.7 cm³/mol. The molecule has 0 aliphatic carbocycles. The molecule has 0 aromatic rings. The van der Waals surface area contributed by atoms with E-state index < -0.39 is 12.1 Å². The van der Waals surface area contributed by atoms with Crippen LogP contribution in [0.15, 0.2) is 0 Å². The standard InChI is InChI=1S/C10H20N2O3/c1-2-3-4-5-6-7-8-12(9(11)13)10(14)15/h2-8H2,1H3,(H2,11,13)(H,14,15). The van der Waals surface area contributed by atoms with E-state index in [9.17, 15) is 9.59 Å². The minimum absolute atomic E-state index is 0.205. The number of carbonyl (C=O) groups is 2. The van der Waals surface area contributed by atoms with E-state index >= 15 is 0 Å². The number of nitrogens with zero attached hydrogens (tertiary/aromatic N) is 1. The summed E-state index contributed by atoms with van der Waals surface area (Å²) in [6.07, 6.45) is 5.01. The van der Waals surface area contributed by atoms with Crippen molar-refractivity contribution in [3.63, 3.8) is 0 Å². The van der Waals surface area contributed by atoms with Gasteiger partial charge in [0.25, 0.3) is 0 Å². The molecule has 0 atom stereocenters. The number of imide groups is 1. The maximum Gasteiger partial charge on any atom is 0.415 e. The Bertz CT molecular complexity index is 193. The Hall–Kier alpha value is -1.26. The van der Waals surface area contributed by atoms with E-state index in [0.29, 0.717) is 11.3 Å². The summed E-state index contributed by atoms with van der Waals surface area (Å²) in [4.78, 5) is 21.9. The van der Waals surface area contributed by atoms with Gasteiger partial charge in [-0.3, -0.25) is 0 Å². The van der Waals surface area contributed by atoms with Gasteiger partial charge in [0.1, 0.15) is 0 Å². The van der Waals surface area contributed by atoms with Gasteiger partial charge in [0.2, 0.25) is 0 Å². The molecule has 0 aliphatic heterocycles. The topological polar surface area (TPSA) is 83.6 Å². The van der Waals surface area contributed by atoms with Crippen LogP contribution in [-0.4, -0.2) is 28.7 Å². The number of carboxylic acid groups (broad SMARTS) is 1. The molecule has 0 spiro atoms. The molecule has 0 aromatic heterocycles. The van der Waals surface area contributed by atoms with Crippen LogP contribution in [-0.2, 0) is 0 Å². The van der Waals surface area contributed by atoms with E-state index in [-0.39, 0.29) is 6.54 Å². The van der Waals surface area contributed by atoms with Gasteiger partial charge in [-0.15, -0.1) is 0 Å². The average molecular weight is 216 g/mol. The van der Waals surface area contributed by atoms with Gasteiger partial charge in [0.15, 0.2) is 0 Å². The number of hydrogen-bond acceptors (Lipinski definition) is 2. The Morgan fingerprint density at radius 3 is 2.13 bits per heavy atom. The molecular formula is C10H20N2O3. The lowest BCUT2D eigenvalue weighted by Gasteiger charge is -2.13. The first-order valence-electron chi connectivity index (χ1n) is 5.39. The fourth-order valence-corrected chi connectivity index (χ4v) is 1.35. The number of hydrogen-bond donors (Lipinski definition) is 2. The maximum atomic E-state index is 10.7. The van der Waals surface area contributed by atoms with Gasteiger partial charge in [-0.1, -0.05) is 39.0 Å². The summed E-state index contributed by atoms with van der Waals surface area (Å²) in [5, 5.41) is 8.61. The van der Waals surface area contributed by atoms with E-state index in [1.54, 1.807) is 0 Å². The molecule has 5 heteroatoms. The van der Waals surface area contributed by atoms with E-state index in [0.717, 1.165) is 12.8 Å². The number of amides is 3. The fraction of sp³-hybridized carbons (Fsp3) is 0.800. The second kappa shape index (κ2) is 8.08. The largest absolute Gasteiger partial charge is 0.465 e. The summed E-state index contributed by atoms with van der Waals surface area (Å²) in [5.41, 5.74) is 4.91. The van der Waals surface area contributed by atoms with Crippen molar-refractivity contribution in [3.8, 4) is 0 Å². The molecule has 3 amide bonds. The highest BCUT2D eigenvalue weighted by Crippen LogP contribution is 2.05. The van der Waals surface area contributed by atoms with Gasteiger partial charge in [0.05, 0.1) is 0 Å². The van der Waals surface area contributed by atoms with Crippen LogP contribution in [0.4, 0.5) is 9.59 Å². The van der Waals surface area contributed by atoms with Crippen LogP contribution in [0.25, 0.3) is 0 Å². The SMILES string of the molecule is CCCCCCCCN(C(N)=O)C(=O)O. The van der Waals surface area contributed by atoms with Crippen molar-refractivity contribution in [2.45, 2.75) is 45.4 Å². The van der Waals surface area contributed by atoms with Crippen molar-refractivity contribution in [2.75, 3.05) is 6.54 Å². The molecule has 3 N–H and O–H groups in total. The van der Waals surface area contributed by atoms with Crippen LogP contribution in [0.5, 0.6) is 0 Å². The molecule has 88 valence electrons. The Kier molecular flexibility index (Phi) is 7.40. The minimum atomic E-state index is -1.27. The van der Waals surface area contributed by atoms with E-state index in [4.69, 9.17) is 10.8 Å². The molecule has 0 radical (unpaired) electrons. The van der Waals surface area contributed by atoms with Gasteiger partial charge in [0, 0.05) is 6.54 Å². The number of primary amides is 1. The van der Waals surface area contributed by atoms with Gasteiger partial charge in [-0.05, 0) is 6.42 Å². The third-order valence-corrected chi connectivity index (χ3v) is 2.23. The molecule has 0 saturated heterocycles. The monoisotopic (exact) mass is 216 g/mol.